The highest BCUT2D eigenvalue weighted by atomic mass is 79.9. The molecule has 0 aliphatic carbocycles. The van der Waals surface area contributed by atoms with Gasteiger partial charge in [0, 0.05) is 74.3 Å². The minimum atomic E-state index is -2.54. The van der Waals surface area contributed by atoms with Crippen molar-refractivity contribution in [2.45, 2.75) is 32.0 Å². The molecule has 2 unspecified atom stereocenters. The van der Waals surface area contributed by atoms with E-state index in [1.807, 2.05) is 55.4 Å². The summed E-state index contributed by atoms with van der Waals surface area (Å²) < 4.78 is 35.1. The van der Waals surface area contributed by atoms with Crippen LogP contribution in [0.1, 0.15) is 25.3 Å². The first-order chi connectivity index (χ1) is 21.4. The number of nitrogens with one attached hydrogen (secondary N) is 2. The molecule has 3 heterocycles. The Hall–Kier alpha value is -3.47. The van der Waals surface area contributed by atoms with Crippen LogP contribution in [-0.4, -0.2) is 93.0 Å². The van der Waals surface area contributed by atoms with Gasteiger partial charge in [-0.3, -0.25) is 5.01 Å². The molecule has 2 N–H and O–H groups in total. The number of halogens is 2. The molecule has 45 heavy (non-hydrogen) atoms. The molecule has 240 valence electrons. The van der Waals surface area contributed by atoms with Crippen LogP contribution in [0.2, 0.25) is 0 Å². The number of piperidine rings is 1. The van der Waals surface area contributed by atoms with Crippen LogP contribution in [0.5, 0.6) is 5.75 Å². The molecule has 1 fully saturated rings. The van der Waals surface area contributed by atoms with Gasteiger partial charge in [0.25, 0.3) is 0 Å². The van der Waals surface area contributed by atoms with Crippen molar-refractivity contribution in [3.8, 4) is 5.75 Å². The van der Waals surface area contributed by atoms with Crippen molar-refractivity contribution < 1.29 is 13.7 Å². The fraction of sp³-hybridized carbons (Fsp3) is 0.406. The summed E-state index contributed by atoms with van der Waals surface area (Å²) in [7, 11) is 2.92. The largest absolute Gasteiger partial charge is 0.494 e. The van der Waals surface area contributed by atoms with Crippen LogP contribution in [0.3, 0.4) is 0 Å². The molecule has 1 saturated heterocycles. The smallest absolute Gasteiger partial charge is 0.229 e. The SMILES string of the molecule is C=NN(C)C1=C(C)c2cc(Nc3ncc(Br)c(Nc4ccccc4P(C)(C)=O)n3)c(OC)cc2N(C2CCN(C)CC2F)CC1. The number of ether oxygens (including phenoxy) is 1. The normalized spacial score (nSPS) is 19.1. The van der Waals surface area contributed by atoms with Gasteiger partial charge in [0.05, 0.1) is 29.0 Å². The summed E-state index contributed by atoms with van der Waals surface area (Å²) in [6, 6.07) is 11.2. The van der Waals surface area contributed by atoms with Crippen LogP contribution in [0, 0.1) is 0 Å². The zero-order chi connectivity index (χ0) is 32.5. The van der Waals surface area contributed by atoms with Crippen molar-refractivity contribution >= 4 is 69.5 Å². The Labute approximate surface area is 273 Å². The second-order valence-corrected chi connectivity index (χ2v) is 15.9. The Bertz CT molecular complexity index is 1660. The number of hydrazone groups is 1. The highest BCUT2D eigenvalue weighted by molar-refractivity contribution is 9.10. The molecule has 0 spiro atoms. The maximum absolute atomic E-state index is 15.6. The zero-order valence-electron chi connectivity index (χ0n) is 26.6. The highest BCUT2D eigenvalue weighted by Crippen LogP contribution is 2.44. The molecule has 2 atom stereocenters. The van der Waals surface area contributed by atoms with Gasteiger partial charge in [0.2, 0.25) is 5.95 Å². The molecular weight excluding hydrogens is 658 g/mol. The maximum atomic E-state index is 15.6. The number of methoxy groups -OCH3 is 1. The molecule has 0 radical (unpaired) electrons. The first kappa shape index (κ1) is 32.9. The van der Waals surface area contributed by atoms with E-state index in [1.54, 1.807) is 31.6 Å². The third-order valence-corrected chi connectivity index (χ3v) is 10.6. The van der Waals surface area contributed by atoms with Gasteiger partial charge in [-0.2, -0.15) is 10.1 Å². The molecule has 3 aromatic rings. The van der Waals surface area contributed by atoms with Crippen molar-refractivity contribution in [1.29, 1.82) is 0 Å². The number of allylic oxidation sites excluding steroid dienone is 1. The third kappa shape index (κ3) is 7.03. The lowest BCUT2D eigenvalue weighted by molar-refractivity contribution is 0.136. The Morgan fingerprint density at radius 3 is 2.64 bits per heavy atom. The second-order valence-electron chi connectivity index (χ2n) is 11.9. The number of hydrogen-bond acceptors (Lipinski definition) is 10. The predicted octanol–water partition coefficient (Wildman–Crippen LogP) is 6.51. The lowest BCUT2D eigenvalue weighted by Crippen LogP contribution is -2.52. The first-order valence-corrected chi connectivity index (χ1v) is 18.2. The van der Waals surface area contributed by atoms with Gasteiger partial charge in [-0.05, 0) is 73.4 Å². The molecule has 1 aromatic heterocycles. The van der Waals surface area contributed by atoms with Crippen molar-refractivity contribution in [2.24, 2.45) is 5.10 Å². The Morgan fingerprint density at radius 2 is 1.96 bits per heavy atom. The van der Waals surface area contributed by atoms with E-state index < -0.39 is 13.3 Å². The summed E-state index contributed by atoms with van der Waals surface area (Å²) in [6.45, 7) is 11.2. The molecule has 2 aliphatic heterocycles. The molecule has 2 aromatic carbocycles. The fourth-order valence-corrected chi connectivity index (χ4v) is 7.55. The van der Waals surface area contributed by atoms with E-state index in [0.29, 0.717) is 52.9 Å². The Morgan fingerprint density at radius 1 is 1.20 bits per heavy atom. The van der Waals surface area contributed by atoms with E-state index in [4.69, 9.17) is 9.72 Å². The number of aromatic nitrogens is 2. The van der Waals surface area contributed by atoms with Gasteiger partial charge >= 0.3 is 0 Å². The summed E-state index contributed by atoms with van der Waals surface area (Å²) in [5, 5.41) is 13.4. The molecule has 5 rings (SSSR count). The van der Waals surface area contributed by atoms with E-state index in [9.17, 15) is 4.57 Å². The standard InChI is InChI=1S/C32H41BrFN8O2P/c1-20-21-16-25(38-32-36-18-22(33)31(39-32)37-24-10-8-9-11-30(24)45(6,7)43)29(44-5)17-28(21)42(15-13-26(20)41(4)35-2)27-12-14-40(3)19-23(27)34/h8-11,16-18,23,27H,2,12-15,19H2,1,3-7H3,(H2,36,37,38,39). The van der Waals surface area contributed by atoms with Gasteiger partial charge in [-0.15, -0.1) is 0 Å². The highest BCUT2D eigenvalue weighted by Gasteiger charge is 2.36. The monoisotopic (exact) mass is 698 g/mol. The Kier molecular flexibility index (Phi) is 9.86. The van der Waals surface area contributed by atoms with Crippen LogP contribution in [0.15, 0.2) is 57.9 Å². The number of nitrogens with zero attached hydrogens (tertiary/aromatic N) is 6. The minimum absolute atomic E-state index is 0.259. The summed E-state index contributed by atoms with van der Waals surface area (Å²) in [5.74, 6) is 1.43. The number of alkyl halides is 1. The van der Waals surface area contributed by atoms with Crippen LogP contribution in [0.25, 0.3) is 5.57 Å². The lowest BCUT2D eigenvalue weighted by Gasteiger charge is -2.41. The number of benzene rings is 2. The summed E-state index contributed by atoms with van der Waals surface area (Å²) in [5.41, 5.74) is 5.27. The van der Waals surface area contributed by atoms with E-state index in [-0.39, 0.29) is 6.04 Å². The lowest BCUT2D eigenvalue weighted by atomic mass is 9.98. The predicted molar refractivity (Wildman–Crippen MR) is 187 cm³/mol. The summed E-state index contributed by atoms with van der Waals surface area (Å²) in [6.07, 6.45) is 2.08. The van der Waals surface area contributed by atoms with Crippen molar-refractivity contribution in [1.82, 2.24) is 19.9 Å². The molecule has 0 bridgehead atoms. The van der Waals surface area contributed by atoms with Gasteiger partial charge in [-0.1, -0.05) is 12.1 Å². The quantitative estimate of drug-likeness (QED) is 0.147. The van der Waals surface area contributed by atoms with E-state index in [1.165, 1.54) is 0 Å². The van der Waals surface area contributed by atoms with E-state index in [2.05, 4.69) is 55.2 Å². The molecule has 13 heteroatoms. The molecule has 0 amide bonds. The summed E-state index contributed by atoms with van der Waals surface area (Å²) >= 11 is 3.55. The third-order valence-electron chi connectivity index (χ3n) is 8.49. The van der Waals surface area contributed by atoms with Crippen LogP contribution < -0.4 is 25.6 Å². The van der Waals surface area contributed by atoms with Crippen molar-refractivity contribution in [2.75, 3.05) is 69.7 Å². The molecule has 2 aliphatic rings. The number of fused-ring (bicyclic) bond motifs is 1. The first-order valence-electron chi connectivity index (χ1n) is 14.8. The van der Waals surface area contributed by atoms with E-state index in [0.717, 1.165) is 40.8 Å². The number of likely N-dealkylation sites (tertiary alicyclic amines) is 1. The van der Waals surface area contributed by atoms with Crippen molar-refractivity contribution in [3.05, 3.63) is 58.3 Å². The minimum Gasteiger partial charge on any atom is -0.494 e. The topological polar surface area (TPSA) is 98.2 Å². The molecule has 10 nitrogen and oxygen atoms in total. The molecule has 0 saturated carbocycles. The van der Waals surface area contributed by atoms with Gasteiger partial charge in [0.1, 0.15) is 24.9 Å². The number of para-hydroxylation sites is 1. The maximum Gasteiger partial charge on any atom is 0.229 e. The average molecular weight is 700 g/mol. The average Bonchev–Trinajstić information content (AvgIpc) is 3.13. The fourth-order valence-electron chi connectivity index (χ4n) is 6.10. The Balaban J connectivity index is 1.55. The second kappa shape index (κ2) is 13.5. The van der Waals surface area contributed by atoms with Gasteiger partial charge in [-0.25, -0.2) is 9.37 Å². The van der Waals surface area contributed by atoms with Crippen molar-refractivity contribution in [3.63, 3.8) is 0 Å². The van der Waals surface area contributed by atoms with Gasteiger partial charge in [0.15, 0.2) is 0 Å². The number of hydrogen-bond donors (Lipinski definition) is 2. The van der Waals surface area contributed by atoms with Crippen LogP contribution in [-0.2, 0) is 4.57 Å². The van der Waals surface area contributed by atoms with Crippen LogP contribution >= 0.6 is 23.1 Å². The molecular formula is C32H41BrFN8O2P. The van der Waals surface area contributed by atoms with Gasteiger partial charge < -0.3 is 29.7 Å². The number of rotatable bonds is 9. The number of anilines is 5. The zero-order valence-corrected chi connectivity index (χ0v) is 29.1. The van der Waals surface area contributed by atoms with Crippen LogP contribution in [0.4, 0.5) is 33.2 Å². The summed E-state index contributed by atoms with van der Waals surface area (Å²) in [4.78, 5) is 13.5. The van der Waals surface area contributed by atoms with E-state index >= 15 is 4.39 Å².